The molecule has 0 aliphatic carbocycles. The number of hydrogen-bond donors (Lipinski definition) is 3. The van der Waals surface area contributed by atoms with Crippen LogP contribution in [0.2, 0.25) is 0 Å². The molecule has 2 heterocycles. The molecule has 0 atom stereocenters. The molecule has 1 aliphatic heterocycles. The minimum absolute atomic E-state index is 0.0459. The van der Waals surface area contributed by atoms with Gasteiger partial charge in [0, 0.05) is 17.1 Å². The van der Waals surface area contributed by atoms with Gasteiger partial charge in [0.2, 0.25) is 0 Å². The third-order valence-corrected chi connectivity index (χ3v) is 3.38. The fourth-order valence-corrected chi connectivity index (χ4v) is 3.10. The Morgan fingerprint density at radius 1 is 1.10 bits per heavy atom. The van der Waals surface area contributed by atoms with E-state index in [4.69, 9.17) is 0 Å². The van der Waals surface area contributed by atoms with Crippen molar-refractivity contribution in [3.05, 3.63) is 12.7 Å². The molecule has 1 aromatic rings. The molecule has 3 N–H and O–H groups in total. The highest BCUT2D eigenvalue weighted by Gasteiger charge is 2.38. The van der Waals surface area contributed by atoms with Crippen molar-refractivity contribution < 1.29 is 9.59 Å². The van der Waals surface area contributed by atoms with Crippen molar-refractivity contribution in [3.8, 4) is 0 Å². The number of nitrogens with zero attached hydrogens (tertiary/aromatic N) is 3. The fraction of sp³-hybridized carbons (Fsp3) is 0.692. The summed E-state index contributed by atoms with van der Waals surface area (Å²) in [6.07, 6.45) is 4.15. The second kappa shape index (κ2) is 5.44. The summed E-state index contributed by atoms with van der Waals surface area (Å²) in [6.45, 7) is 8.35. The minimum Gasteiger partial charge on any atom is -0.345 e. The number of piperidine rings is 1. The first-order valence-electron chi connectivity index (χ1n) is 6.93. The molecule has 0 saturated carbocycles. The molecule has 0 bridgehead atoms. The highest BCUT2D eigenvalue weighted by atomic mass is 16.2. The van der Waals surface area contributed by atoms with E-state index >= 15 is 0 Å². The number of carbonyl (C=O) groups excluding carboxylic acids is 2. The maximum absolute atomic E-state index is 12.0. The van der Waals surface area contributed by atoms with E-state index in [0.717, 1.165) is 12.8 Å². The summed E-state index contributed by atoms with van der Waals surface area (Å²) in [5.74, 6) is -1.38. The predicted molar refractivity (Wildman–Crippen MR) is 76.8 cm³/mol. The summed E-state index contributed by atoms with van der Waals surface area (Å²) in [5.41, 5.74) is 2.19. The van der Waals surface area contributed by atoms with Gasteiger partial charge in [-0.2, -0.15) is 0 Å². The highest BCUT2D eigenvalue weighted by Crippen LogP contribution is 2.28. The van der Waals surface area contributed by atoms with Gasteiger partial charge in [-0.15, -0.1) is 10.2 Å². The van der Waals surface area contributed by atoms with Crippen LogP contribution in [-0.2, 0) is 9.59 Å². The van der Waals surface area contributed by atoms with E-state index in [1.165, 1.54) is 17.3 Å². The lowest BCUT2D eigenvalue weighted by molar-refractivity contribution is -0.137. The summed E-state index contributed by atoms with van der Waals surface area (Å²) in [4.78, 5) is 23.8. The molecule has 0 aromatic carbocycles. The van der Waals surface area contributed by atoms with Gasteiger partial charge in [-0.3, -0.25) is 15.0 Å². The van der Waals surface area contributed by atoms with Gasteiger partial charge in [-0.1, -0.05) is 0 Å². The smallest absolute Gasteiger partial charge is 0.328 e. The lowest BCUT2D eigenvalue weighted by atomic mass is 9.79. The summed E-state index contributed by atoms with van der Waals surface area (Å²) in [7, 11) is 0. The third-order valence-electron chi connectivity index (χ3n) is 3.38. The number of aromatic nitrogens is 3. The highest BCUT2D eigenvalue weighted by molar-refractivity contribution is 6.38. The minimum atomic E-state index is -0.732. The Balaban J connectivity index is 1.94. The van der Waals surface area contributed by atoms with Crippen molar-refractivity contribution in [1.82, 2.24) is 25.5 Å². The summed E-state index contributed by atoms with van der Waals surface area (Å²) >= 11 is 0. The molecule has 1 fully saturated rings. The standard InChI is InChI=1S/C13H22N6O2/c1-12(2)5-9(6-13(3,4)18-12)16-10(20)11(21)17-19-7-14-15-8-19/h7-9,18H,5-6H2,1-4H3,(H,16,20)(H,17,21). The molecule has 1 aromatic heterocycles. The quantitative estimate of drug-likeness (QED) is 0.654. The zero-order chi connectivity index (χ0) is 15.7. The molecule has 2 amide bonds. The van der Waals surface area contributed by atoms with E-state index in [1.54, 1.807) is 0 Å². The first kappa shape index (κ1) is 15.4. The van der Waals surface area contributed by atoms with Crippen molar-refractivity contribution in [2.75, 3.05) is 5.43 Å². The summed E-state index contributed by atoms with van der Waals surface area (Å²) < 4.78 is 1.23. The van der Waals surface area contributed by atoms with Gasteiger partial charge in [0.15, 0.2) is 0 Å². The van der Waals surface area contributed by atoms with Crippen LogP contribution in [0, 0.1) is 0 Å². The number of hydrogen-bond acceptors (Lipinski definition) is 5. The Morgan fingerprint density at radius 2 is 1.62 bits per heavy atom. The SMILES string of the molecule is CC1(C)CC(NC(=O)C(=O)Nn2cnnc2)CC(C)(C)N1. The molecular formula is C13H22N6O2. The molecular weight excluding hydrogens is 272 g/mol. The van der Waals surface area contributed by atoms with Crippen LogP contribution in [0.4, 0.5) is 0 Å². The van der Waals surface area contributed by atoms with Gasteiger partial charge < -0.3 is 10.6 Å². The van der Waals surface area contributed by atoms with Crippen LogP contribution in [0.1, 0.15) is 40.5 Å². The van der Waals surface area contributed by atoms with E-state index < -0.39 is 11.8 Å². The molecule has 8 nitrogen and oxygen atoms in total. The van der Waals surface area contributed by atoms with Crippen molar-refractivity contribution in [1.29, 1.82) is 0 Å². The Labute approximate surface area is 123 Å². The number of nitrogens with one attached hydrogen (secondary N) is 3. The first-order chi connectivity index (χ1) is 9.67. The Hall–Kier alpha value is -1.96. The molecule has 116 valence electrons. The average molecular weight is 294 g/mol. The average Bonchev–Trinajstić information content (AvgIpc) is 2.76. The molecule has 0 spiro atoms. The summed E-state index contributed by atoms with van der Waals surface area (Å²) in [6, 6.07) is -0.0459. The number of amides is 2. The van der Waals surface area contributed by atoms with Crippen molar-refractivity contribution in [3.63, 3.8) is 0 Å². The predicted octanol–water partition coefficient (Wildman–Crippen LogP) is -0.226. The van der Waals surface area contributed by atoms with E-state index in [9.17, 15) is 9.59 Å². The van der Waals surface area contributed by atoms with Gasteiger partial charge in [0.25, 0.3) is 0 Å². The van der Waals surface area contributed by atoms with Crippen LogP contribution >= 0.6 is 0 Å². The molecule has 2 rings (SSSR count). The zero-order valence-electron chi connectivity index (χ0n) is 12.8. The summed E-state index contributed by atoms with van der Waals surface area (Å²) in [5, 5.41) is 13.4. The van der Waals surface area contributed by atoms with Crippen LogP contribution in [0.25, 0.3) is 0 Å². The maximum Gasteiger partial charge on any atom is 0.328 e. The second-order valence-electron chi connectivity index (χ2n) is 6.78. The van der Waals surface area contributed by atoms with E-state index in [-0.39, 0.29) is 17.1 Å². The van der Waals surface area contributed by atoms with Crippen LogP contribution < -0.4 is 16.1 Å². The van der Waals surface area contributed by atoms with Crippen molar-refractivity contribution >= 4 is 11.8 Å². The van der Waals surface area contributed by atoms with Gasteiger partial charge in [-0.25, -0.2) is 4.68 Å². The zero-order valence-corrected chi connectivity index (χ0v) is 12.8. The molecule has 0 unspecified atom stereocenters. The molecule has 8 heteroatoms. The largest absolute Gasteiger partial charge is 0.345 e. The van der Waals surface area contributed by atoms with Crippen LogP contribution in [-0.4, -0.2) is 43.8 Å². The molecule has 1 aliphatic rings. The second-order valence-corrected chi connectivity index (χ2v) is 6.78. The molecule has 0 radical (unpaired) electrons. The lowest BCUT2D eigenvalue weighted by Gasteiger charge is -2.46. The van der Waals surface area contributed by atoms with E-state index in [1.807, 2.05) is 0 Å². The van der Waals surface area contributed by atoms with Crippen molar-refractivity contribution in [2.45, 2.75) is 57.7 Å². The molecule has 1 saturated heterocycles. The first-order valence-corrected chi connectivity index (χ1v) is 6.93. The maximum atomic E-state index is 12.0. The van der Waals surface area contributed by atoms with E-state index in [0.29, 0.717) is 0 Å². The van der Waals surface area contributed by atoms with E-state index in [2.05, 4.69) is 54.0 Å². The third kappa shape index (κ3) is 4.25. The van der Waals surface area contributed by atoms with Gasteiger partial charge >= 0.3 is 11.8 Å². The van der Waals surface area contributed by atoms with Crippen LogP contribution in [0.15, 0.2) is 12.7 Å². The van der Waals surface area contributed by atoms with Crippen LogP contribution in [0.3, 0.4) is 0 Å². The lowest BCUT2D eigenvalue weighted by Crippen LogP contribution is -2.62. The monoisotopic (exact) mass is 294 g/mol. The van der Waals surface area contributed by atoms with Gasteiger partial charge in [-0.05, 0) is 40.5 Å². The van der Waals surface area contributed by atoms with Gasteiger partial charge in [0.05, 0.1) is 0 Å². The van der Waals surface area contributed by atoms with Crippen molar-refractivity contribution in [2.24, 2.45) is 0 Å². The molecule has 21 heavy (non-hydrogen) atoms. The fourth-order valence-electron chi connectivity index (χ4n) is 3.10. The van der Waals surface area contributed by atoms with Gasteiger partial charge in [0.1, 0.15) is 12.7 Å². The van der Waals surface area contributed by atoms with Crippen LogP contribution in [0.5, 0.6) is 0 Å². The topological polar surface area (TPSA) is 101 Å². The Bertz CT molecular complexity index is 507. The number of rotatable bonds is 2. The Morgan fingerprint density at radius 3 is 2.14 bits per heavy atom. The number of carbonyl (C=O) groups is 2. The normalized spacial score (nSPS) is 20.8. The Kier molecular flexibility index (Phi) is 3.99.